The first-order chi connectivity index (χ1) is 13.5. The second-order valence-electron chi connectivity index (χ2n) is 7.12. The Kier molecular flexibility index (Phi) is 7.87. The maximum absolute atomic E-state index is 6.37. The van der Waals surface area contributed by atoms with E-state index in [0.717, 1.165) is 29.3 Å². The monoisotopic (exact) mass is 429 g/mol. The summed E-state index contributed by atoms with van der Waals surface area (Å²) in [6.07, 6.45) is 1.09. The van der Waals surface area contributed by atoms with Crippen molar-refractivity contribution in [1.29, 1.82) is 0 Å². The molecule has 0 aliphatic carbocycles. The van der Waals surface area contributed by atoms with Crippen molar-refractivity contribution in [3.63, 3.8) is 0 Å². The van der Waals surface area contributed by atoms with E-state index in [0.29, 0.717) is 10.3 Å². The van der Waals surface area contributed by atoms with Crippen LogP contribution in [0.2, 0.25) is 10.0 Å². The van der Waals surface area contributed by atoms with Crippen LogP contribution in [0.25, 0.3) is 11.1 Å². The third kappa shape index (κ3) is 6.02. The number of thioether (sulfide) groups is 1. The lowest BCUT2D eigenvalue weighted by atomic mass is 10.0. The summed E-state index contributed by atoms with van der Waals surface area (Å²) >= 11 is 14.3. The zero-order valence-electron chi connectivity index (χ0n) is 16.2. The highest BCUT2D eigenvalue weighted by Crippen LogP contribution is 2.37. The van der Waals surface area contributed by atoms with Gasteiger partial charge in [-0.3, -0.25) is 0 Å². The van der Waals surface area contributed by atoms with Crippen molar-refractivity contribution < 1.29 is 0 Å². The Morgan fingerprint density at radius 1 is 0.857 bits per heavy atom. The van der Waals surface area contributed by atoms with Gasteiger partial charge in [0.25, 0.3) is 0 Å². The maximum Gasteiger partial charge on any atom is 0.0461 e. The van der Waals surface area contributed by atoms with Crippen LogP contribution < -0.4 is 0 Å². The zero-order chi connectivity index (χ0) is 19.9. The van der Waals surface area contributed by atoms with Gasteiger partial charge in [0.05, 0.1) is 0 Å². The molecule has 3 rings (SSSR count). The maximum atomic E-state index is 6.37. The predicted molar refractivity (Wildman–Crippen MR) is 126 cm³/mol. The Hall–Kier alpha value is -1.45. The molecule has 4 heteroatoms. The van der Waals surface area contributed by atoms with Gasteiger partial charge < -0.3 is 4.90 Å². The fraction of sp³-hybridized carbons (Fsp3) is 0.250. The van der Waals surface area contributed by atoms with Gasteiger partial charge in [-0.1, -0.05) is 83.9 Å². The molecule has 1 unspecified atom stereocenters. The van der Waals surface area contributed by atoms with Crippen LogP contribution in [0.15, 0.2) is 72.8 Å². The lowest BCUT2D eigenvalue weighted by Crippen LogP contribution is -2.15. The summed E-state index contributed by atoms with van der Waals surface area (Å²) < 4.78 is 0. The van der Waals surface area contributed by atoms with E-state index >= 15 is 0 Å². The van der Waals surface area contributed by atoms with E-state index in [1.54, 1.807) is 0 Å². The molecule has 0 aliphatic rings. The minimum absolute atomic E-state index is 0.416. The number of hydrogen-bond acceptors (Lipinski definition) is 2. The van der Waals surface area contributed by atoms with Gasteiger partial charge in [-0.2, -0.15) is 0 Å². The van der Waals surface area contributed by atoms with E-state index in [4.69, 9.17) is 23.2 Å². The van der Waals surface area contributed by atoms with Gasteiger partial charge in [-0.05, 0) is 61.4 Å². The lowest BCUT2D eigenvalue weighted by molar-refractivity contribution is 0.399. The minimum Gasteiger partial charge on any atom is -0.309 e. The summed E-state index contributed by atoms with van der Waals surface area (Å²) in [6.45, 7) is 1.05. The number of benzene rings is 3. The Labute approximate surface area is 182 Å². The molecular weight excluding hydrogens is 405 g/mol. The third-order valence-corrected chi connectivity index (χ3v) is 6.66. The van der Waals surface area contributed by atoms with Crippen molar-refractivity contribution in [3.05, 3.63) is 94.0 Å². The second kappa shape index (κ2) is 10.4. The topological polar surface area (TPSA) is 3.24 Å². The van der Waals surface area contributed by atoms with E-state index in [-0.39, 0.29) is 0 Å². The molecule has 0 bridgehead atoms. The fourth-order valence-electron chi connectivity index (χ4n) is 3.07. The minimum atomic E-state index is 0.416. The Balaban J connectivity index is 1.75. The highest BCUT2D eigenvalue weighted by molar-refractivity contribution is 7.98. The van der Waals surface area contributed by atoms with E-state index in [1.165, 1.54) is 16.7 Å². The van der Waals surface area contributed by atoms with Gasteiger partial charge in [0.2, 0.25) is 0 Å². The lowest BCUT2D eigenvalue weighted by Gasteiger charge is -2.20. The summed E-state index contributed by atoms with van der Waals surface area (Å²) in [7, 11) is 4.24. The van der Waals surface area contributed by atoms with Gasteiger partial charge in [0.15, 0.2) is 0 Å². The van der Waals surface area contributed by atoms with Crippen LogP contribution in [0.5, 0.6) is 0 Å². The molecule has 0 saturated heterocycles. The molecule has 0 saturated carbocycles. The molecule has 0 fully saturated rings. The van der Waals surface area contributed by atoms with Crippen LogP contribution in [-0.2, 0) is 5.75 Å². The largest absolute Gasteiger partial charge is 0.309 e. The van der Waals surface area contributed by atoms with Crippen molar-refractivity contribution in [2.24, 2.45) is 0 Å². The molecule has 28 heavy (non-hydrogen) atoms. The summed E-state index contributed by atoms with van der Waals surface area (Å²) in [5.41, 5.74) is 4.99. The number of halogens is 2. The van der Waals surface area contributed by atoms with Crippen LogP contribution in [-0.4, -0.2) is 25.5 Å². The number of rotatable bonds is 8. The van der Waals surface area contributed by atoms with Crippen LogP contribution in [0.4, 0.5) is 0 Å². The van der Waals surface area contributed by atoms with E-state index in [1.807, 2.05) is 36.0 Å². The average molecular weight is 430 g/mol. The first-order valence-electron chi connectivity index (χ1n) is 9.38. The molecule has 0 spiro atoms. The van der Waals surface area contributed by atoms with Crippen molar-refractivity contribution in [2.45, 2.75) is 17.4 Å². The van der Waals surface area contributed by atoms with Gasteiger partial charge in [0.1, 0.15) is 0 Å². The SMILES string of the molecule is CN(C)CCC(SCc1ccc(Cl)cc1Cl)c1ccc(-c2ccccc2)cc1. The summed E-state index contributed by atoms with van der Waals surface area (Å²) in [5.74, 6) is 0.870. The molecule has 0 aromatic heterocycles. The number of nitrogens with zero attached hydrogens (tertiary/aromatic N) is 1. The van der Waals surface area contributed by atoms with E-state index in [2.05, 4.69) is 67.5 Å². The second-order valence-corrected chi connectivity index (χ2v) is 9.15. The third-order valence-electron chi connectivity index (χ3n) is 4.68. The predicted octanol–water partition coefficient (Wildman–Crippen LogP) is 7.59. The first kappa shape index (κ1) is 21.3. The average Bonchev–Trinajstić information content (AvgIpc) is 2.70. The van der Waals surface area contributed by atoms with Crippen LogP contribution in [0, 0.1) is 0 Å². The van der Waals surface area contributed by atoms with Crippen molar-refractivity contribution >= 4 is 35.0 Å². The Morgan fingerprint density at radius 2 is 1.54 bits per heavy atom. The van der Waals surface area contributed by atoms with Gasteiger partial charge in [-0.15, -0.1) is 11.8 Å². The normalized spacial score (nSPS) is 12.3. The highest BCUT2D eigenvalue weighted by atomic mass is 35.5. The molecular formula is C24H25Cl2NS. The number of hydrogen-bond donors (Lipinski definition) is 0. The van der Waals surface area contributed by atoms with Crippen molar-refractivity contribution in [3.8, 4) is 11.1 Å². The zero-order valence-corrected chi connectivity index (χ0v) is 18.6. The Bertz CT molecular complexity index is 879. The molecule has 0 heterocycles. The molecule has 0 aliphatic heterocycles. The summed E-state index contributed by atoms with van der Waals surface area (Å²) in [6, 6.07) is 25.2. The van der Waals surface area contributed by atoms with Crippen LogP contribution in [0.1, 0.15) is 22.8 Å². The molecule has 1 atom stereocenters. The van der Waals surface area contributed by atoms with Gasteiger partial charge in [0, 0.05) is 21.0 Å². The van der Waals surface area contributed by atoms with Gasteiger partial charge in [-0.25, -0.2) is 0 Å². The van der Waals surface area contributed by atoms with Crippen LogP contribution >= 0.6 is 35.0 Å². The molecule has 0 amide bonds. The quantitative estimate of drug-likeness (QED) is 0.362. The van der Waals surface area contributed by atoms with E-state index < -0.39 is 0 Å². The molecule has 0 N–H and O–H groups in total. The fourth-order valence-corrected chi connectivity index (χ4v) is 4.88. The van der Waals surface area contributed by atoms with E-state index in [9.17, 15) is 0 Å². The highest BCUT2D eigenvalue weighted by Gasteiger charge is 2.14. The molecule has 1 nitrogen and oxygen atoms in total. The van der Waals surface area contributed by atoms with Gasteiger partial charge >= 0.3 is 0 Å². The standard InChI is InChI=1S/C24H25Cl2NS/c1-27(2)15-14-24(28-17-21-12-13-22(25)16-23(21)26)20-10-8-19(9-11-20)18-6-4-3-5-7-18/h3-13,16,24H,14-15,17H2,1-2H3. The van der Waals surface area contributed by atoms with Crippen molar-refractivity contribution in [2.75, 3.05) is 20.6 Å². The Morgan fingerprint density at radius 3 is 2.18 bits per heavy atom. The first-order valence-corrected chi connectivity index (χ1v) is 11.2. The van der Waals surface area contributed by atoms with Crippen LogP contribution in [0.3, 0.4) is 0 Å². The van der Waals surface area contributed by atoms with Crippen molar-refractivity contribution in [1.82, 2.24) is 4.90 Å². The molecule has 3 aromatic rings. The molecule has 0 radical (unpaired) electrons. The molecule has 3 aromatic carbocycles. The smallest absolute Gasteiger partial charge is 0.0461 e. The summed E-state index contributed by atoms with van der Waals surface area (Å²) in [5, 5.41) is 1.84. The summed E-state index contributed by atoms with van der Waals surface area (Å²) in [4.78, 5) is 2.24. The molecule has 146 valence electrons.